The summed E-state index contributed by atoms with van der Waals surface area (Å²) in [6, 6.07) is 13.0. The second-order valence-electron chi connectivity index (χ2n) is 6.05. The molecule has 1 N–H and O–H groups in total. The van der Waals surface area contributed by atoms with Gasteiger partial charge < -0.3 is 4.74 Å². The Bertz CT molecular complexity index is 781. The van der Waals surface area contributed by atoms with E-state index < -0.39 is 6.04 Å². The van der Waals surface area contributed by atoms with E-state index in [-0.39, 0.29) is 18.2 Å². The zero-order chi connectivity index (χ0) is 16.5. The summed E-state index contributed by atoms with van der Waals surface area (Å²) >= 11 is 0. The van der Waals surface area contributed by atoms with E-state index >= 15 is 0 Å². The molecule has 0 radical (unpaired) electrons. The maximum atomic E-state index is 12.8. The lowest BCUT2D eigenvalue weighted by molar-refractivity contribution is -0.122. The SMILES string of the molecule is O=C1CC(NN2CCOCC2)C(=O)N1c1cccc2ccccc12. The highest BCUT2D eigenvalue weighted by atomic mass is 16.5. The Balaban J connectivity index is 1.61. The van der Waals surface area contributed by atoms with Gasteiger partial charge in [-0.25, -0.2) is 15.3 Å². The third-order valence-corrected chi connectivity index (χ3v) is 4.50. The lowest BCUT2D eigenvalue weighted by Crippen LogP contribution is -2.52. The van der Waals surface area contributed by atoms with Crippen LogP contribution in [0.3, 0.4) is 0 Å². The van der Waals surface area contributed by atoms with Crippen LogP contribution in [0.25, 0.3) is 10.8 Å². The number of carbonyl (C=O) groups is 2. The Hall–Kier alpha value is -2.28. The third-order valence-electron chi connectivity index (χ3n) is 4.50. The van der Waals surface area contributed by atoms with E-state index in [1.807, 2.05) is 47.5 Å². The lowest BCUT2D eigenvalue weighted by Gasteiger charge is -2.29. The number of anilines is 1. The van der Waals surface area contributed by atoms with Crippen molar-refractivity contribution < 1.29 is 14.3 Å². The van der Waals surface area contributed by atoms with Crippen LogP contribution in [0, 0.1) is 0 Å². The zero-order valence-electron chi connectivity index (χ0n) is 13.3. The van der Waals surface area contributed by atoms with E-state index in [0.29, 0.717) is 32.0 Å². The van der Waals surface area contributed by atoms with Crippen molar-refractivity contribution in [1.29, 1.82) is 0 Å². The summed E-state index contributed by atoms with van der Waals surface area (Å²) in [6.45, 7) is 2.70. The number of nitrogens with zero attached hydrogens (tertiary/aromatic N) is 2. The molecule has 2 aliphatic rings. The number of nitrogens with one attached hydrogen (secondary N) is 1. The van der Waals surface area contributed by atoms with Gasteiger partial charge in [-0.2, -0.15) is 0 Å². The fraction of sp³-hybridized carbons (Fsp3) is 0.333. The molecule has 0 bridgehead atoms. The minimum absolute atomic E-state index is 0.165. The molecule has 0 aromatic heterocycles. The molecule has 0 saturated carbocycles. The number of rotatable bonds is 3. The van der Waals surface area contributed by atoms with E-state index in [1.54, 1.807) is 0 Å². The Morgan fingerprint density at radius 3 is 2.58 bits per heavy atom. The van der Waals surface area contributed by atoms with Crippen molar-refractivity contribution in [1.82, 2.24) is 10.4 Å². The van der Waals surface area contributed by atoms with Crippen molar-refractivity contribution >= 4 is 28.3 Å². The molecule has 0 aliphatic carbocycles. The van der Waals surface area contributed by atoms with Gasteiger partial charge in [0.2, 0.25) is 5.91 Å². The largest absolute Gasteiger partial charge is 0.379 e. The van der Waals surface area contributed by atoms with Crippen LogP contribution in [0.15, 0.2) is 42.5 Å². The number of fused-ring (bicyclic) bond motifs is 1. The predicted molar refractivity (Wildman–Crippen MR) is 90.4 cm³/mol. The van der Waals surface area contributed by atoms with Crippen LogP contribution >= 0.6 is 0 Å². The summed E-state index contributed by atoms with van der Waals surface area (Å²) in [4.78, 5) is 26.6. The number of hydrazine groups is 1. The van der Waals surface area contributed by atoms with Crippen molar-refractivity contribution in [3.05, 3.63) is 42.5 Å². The molecular weight excluding hydrogens is 306 g/mol. The maximum absolute atomic E-state index is 12.8. The normalized spacial score (nSPS) is 22.5. The van der Waals surface area contributed by atoms with E-state index in [1.165, 1.54) is 4.90 Å². The average Bonchev–Trinajstić information content (AvgIpc) is 2.89. The summed E-state index contributed by atoms with van der Waals surface area (Å²) < 4.78 is 5.31. The van der Waals surface area contributed by atoms with Crippen molar-refractivity contribution in [3.8, 4) is 0 Å². The Kier molecular flexibility index (Phi) is 4.02. The Labute approximate surface area is 139 Å². The van der Waals surface area contributed by atoms with E-state index in [2.05, 4.69) is 5.43 Å². The molecule has 1 unspecified atom stereocenters. The minimum atomic E-state index is -0.505. The highest BCUT2D eigenvalue weighted by molar-refractivity contribution is 6.25. The molecule has 2 aliphatic heterocycles. The maximum Gasteiger partial charge on any atom is 0.252 e. The molecule has 0 spiro atoms. The van der Waals surface area contributed by atoms with Crippen LogP contribution in [-0.2, 0) is 14.3 Å². The molecule has 2 fully saturated rings. The Morgan fingerprint density at radius 2 is 1.75 bits per heavy atom. The second kappa shape index (κ2) is 6.32. The highest BCUT2D eigenvalue weighted by Crippen LogP contribution is 2.30. The first-order chi connectivity index (χ1) is 11.7. The van der Waals surface area contributed by atoms with Gasteiger partial charge in [0, 0.05) is 18.5 Å². The van der Waals surface area contributed by atoms with Crippen LogP contribution in [-0.4, -0.2) is 49.2 Å². The van der Waals surface area contributed by atoms with Crippen LogP contribution in [0.4, 0.5) is 5.69 Å². The summed E-state index contributed by atoms with van der Waals surface area (Å²) in [5.41, 5.74) is 3.85. The molecule has 2 amide bonds. The van der Waals surface area contributed by atoms with E-state index in [9.17, 15) is 9.59 Å². The predicted octanol–water partition coefficient (Wildman–Crippen LogP) is 1.31. The summed E-state index contributed by atoms with van der Waals surface area (Å²) in [7, 11) is 0. The molecule has 6 heteroatoms. The molecule has 24 heavy (non-hydrogen) atoms. The van der Waals surface area contributed by atoms with E-state index in [4.69, 9.17) is 4.74 Å². The van der Waals surface area contributed by atoms with Crippen LogP contribution in [0.5, 0.6) is 0 Å². The molecule has 2 aromatic carbocycles. The number of ether oxygens (including phenoxy) is 1. The van der Waals surface area contributed by atoms with Gasteiger partial charge in [0.15, 0.2) is 0 Å². The van der Waals surface area contributed by atoms with Gasteiger partial charge in [-0.1, -0.05) is 36.4 Å². The van der Waals surface area contributed by atoms with Crippen LogP contribution in [0.1, 0.15) is 6.42 Å². The zero-order valence-corrected chi connectivity index (χ0v) is 13.3. The summed E-state index contributed by atoms with van der Waals surface area (Å²) in [5.74, 6) is -0.357. The molecule has 6 nitrogen and oxygen atoms in total. The first-order valence-electron chi connectivity index (χ1n) is 8.17. The first-order valence-corrected chi connectivity index (χ1v) is 8.17. The lowest BCUT2D eigenvalue weighted by atomic mass is 10.1. The number of morpholine rings is 1. The molecular formula is C18H19N3O3. The van der Waals surface area contributed by atoms with Crippen molar-refractivity contribution in [2.75, 3.05) is 31.2 Å². The molecule has 2 saturated heterocycles. The Morgan fingerprint density at radius 1 is 1.00 bits per heavy atom. The van der Waals surface area contributed by atoms with Crippen LogP contribution < -0.4 is 10.3 Å². The van der Waals surface area contributed by atoms with Crippen molar-refractivity contribution in [2.24, 2.45) is 0 Å². The van der Waals surface area contributed by atoms with Gasteiger partial charge in [0.1, 0.15) is 6.04 Å². The number of amides is 2. The number of carbonyl (C=O) groups excluding carboxylic acids is 2. The van der Waals surface area contributed by atoms with E-state index in [0.717, 1.165) is 10.8 Å². The van der Waals surface area contributed by atoms with Gasteiger partial charge in [-0.3, -0.25) is 9.59 Å². The number of imide groups is 1. The number of benzene rings is 2. The monoisotopic (exact) mass is 325 g/mol. The van der Waals surface area contributed by atoms with Gasteiger partial charge in [0.25, 0.3) is 5.91 Å². The van der Waals surface area contributed by atoms with Gasteiger partial charge in [0.05, 0.1) is 25.3 Å². The fourth-order valence-electron chi connectivity index (χ4n) is 3.30. The summed E-state index contributed by atoms with van der Waals surface area (Å²) in [5, 5.41) is 3.89. The number of hydrogen-bond acceptors (Lipinski definition) is 5. The molecule has 124 valence electrons. The first kappa shape index (κ1) is 15.3. The van der Waals surface area contributed by atoms with Gasteiger partial charge >= 0.3 is 0 Å². The third kappa shape index (κ3) is 2.69. The summed E-state index contributed by atoms with van der Waals surface area (Å²) in [6.07, 6.45) is 0.180. The van der Waals surface area contributed by atoms with Crippen molar-refractivity contribution in [3.63, 3.8) is 0 Å². The number of hydrogen-bond donors (Lipinski definition) is 1. The molecule has 2 heterocycles. The van der Waals surface area contributed by atoms with Crippen molar-refractivity contribution in [2.45, 2.75) is 12.5 Å². The van der Waals surface area contributed by atoms with Gasteiger partial charge in [-0.15, -0.1) is 0 Å². The minimum Gasteiger partial charge on any atom is -0.379 e. The average molecular weight is 325 g/mol. The standard InChI is InChI=1S/C18H19N3O3/c22-17-12-15(19-20-8-10-24-11-9-20)18(23)21(17)16-7-3-5-13-4-1-2-6-14(13)16/h1-7,15,19H,8-12H2. The van der Waals surface area contributed by atoms with Gasteiger partial charge in [-0.05, 0) is 11.5 Å². The quantitative estimate of drug-likeness (QED) is 0.862. The second-order valence-corrected chi connectivity index (χ2v) is 6.05. The highest BCUT2D eigenvalue weighted by Gasteiger charge is 2.40. The fourth-order valence-corrected chi connectivity index (χ4v) is 3.30. The molecule has 2 aromatic rings. The smallest absolute Gasteiger partial charge is 0.252 e. The molecule has 1 atom stereocenters. The topological polar surface area (TPSA) is 61.9 Å². The van der Waals surface area contributed by atoms with Crippen LogP contribution in [0.2, 0.25) is 0 Å². The molecule has 4 rings (SSSR count).